The Hall–Kier alpha value is -3.06. The summed E-state index contributed by atoms with van der Waals surface area (Å²) < 4.78 is 0. The van der Waals surface area contributed by atoms with Crippen LogP contribution in [0.25, 0.3) is 27.6 Å². The van der Waals surface area contributed by atoms with Crippen LogP contribution in [0.1, 0.15) is 35.1 Å². The van der Waals surface area contributed by atoms with Crippen molar-refractivity contribution in [1.29, 1.82) is 0 Å². The summed E-state index contributed by atoms with van der Waals surface area (Å²) >= 11 is 0. The summed E-state index contributed by atoms with van der Waals surface area (Å²) in [5.41, 5.74) is 7.18. The number of rotatable bonds is 0. The summed E-state index contributed by atoms with van der Waals surface area (Å²) in [6.07, 6.45) is 9.61. The molecule has 1 aliphatic heterocycles. The first-order valence-corrected chi connectivity index (χ1v) is 11.1. The normalized spacial score (nSPS) is 14.8. The first kappa shape index (κ1) is 18.9. The molecule has 2 aliphatic rings. The lowest BCUT2D eigenvalue weighted by molar-refractivity contribution is 0.690. The summed E-state index contributed by atoms with van der Waals surface area (Å²) in [4.78, 5) is 2.26. The molecule has 1 heteroatoms. The molecule has 0 atom stereocenters. The van der Waals surface area contributed by atoms with Gasteiger partial charge in [-0.2, -0.15) is 0 Å². The summed E-state index contributed by atoms with van der Waals surface area (Å²) in [6.45, 7) is 3.15. The second-order valence-corrected chi connectivity index (χ2v) is 8.64. The van der Waals surface area contributed by atoms with Gasteiger partial charge in [0.1, 0.15) is 0 Å². The molecule has 0 amide bonds. The minimum absolute atomic E-state index is 1.02. The molecule has 0 radical (unpaired) electrons. The van der Waals surface area contributed by atoms with E-state index < -0.39 is 0 Å². The number of aryl methyl sites for hydroxylation is 3. The van der Waals surface area contributed by atoms with E-state index in [0.717, 1.165) is 6.54 Å². The van der Waals surface area contributed by atoms with Gasteiger partial charge in [-0.1, -0.05) is 72.3 Å². The van der Waals surface area contributed by atoms with Gasteiger partial charge < -0.3 is 4.90 Å². The van der Waals surface area contributed by atoms with Crippen molar-refractivity contribution in [3.8, 4) is 0 Å². The van der Waals surface area contributed by atoms with E-state index in [2.05, 4.69) is 97.8 Å². The quantitative estimate of drug-likeness (QED) is 0.284. The molecule has 30 heavy (non-hydrogen) atoms. The van der Waals surface area contributed by atoms with Gasteiger partial charge in [0.05, 0.1) is 0 Å². The van der Waals surface area contributed by atoms with E-state index in [1.165, 1.54) is 64.0 Å². The third kappa shape index (κ3) is 3.50. The van der Waals surface area contributed by atoms with Crippen LogP contribution in [-0.2, 0) is 12.8 Å². The number of likely N-dealkylation sites (N-methyl/N-ethyl adjacent to an activating group) is 1. The lowest BCUT2D eigenvalue weighted by atomic mass is 9.86. The smallest absolute Gasteiger partial charge is 0.0440 e. The predicted octanol–water partition coefficient (Wildman–Crippen LogP) is 7.33. The van der Waals surface area contributed by atoms with Gasteiger partial charge in [-0.05, 0) is 83.0 Å². The molecule has 0 saturated carbocycles. The van der Waals surface area contributed by atoms with E-state index in [-0.39, 0.29) is 0 Å². The fourth-order valence-corrected chi connectivity index (χ4v) is 4.93. The van der Waals surface area contributed by atoms with Gasteiger partial charge in [0.25, 0.3) is 0 Å². The van der Waals surface area contributed by atoms with Crippen molar-refractivity contribution in [2.45, 2.75) is 32.6 Å². The Bertz CT molecular complexity index is 1250. The van der Waals surface area contributed by atoms with E-state index in [4.69, 9.17) is 0 Å². The predicted molar refractivity (Wildman–Crippen MR) is 132 cm³/mol. The Kier molecular flexibility index (Phi) is 5.04. The molecule has 1 heterocycles. The van der Waals surface area contributed by atoms with Crippen molar-refractivity contribution in [2.24, 2.45) is 0 Å². The third-order valence-electron chi connectivity index (χ3n) is 6.53. The van der Waals surface area contributed by atoms with Crippen LogP contribution in [-0.4, -0.2) is 13.6 Å². The molecule has 1 aliphatic carbocycles. The van der Waals surface area contributed by atoms with Gasteiger partial charge in [0.15, 0.2) is 0 Å². The van der Waals surface area contributed by atoms with Crippen molar-refractivity contribution in [3.05, 3.63) is 95.1 Å². The third-order valence-corrected chi connectivity index (χ3v) is 6.53. The minimum atomic E-state index is 1.02. The Morgan fingerprint density at radius 1 is 0.767 bits per heavy atom. The fraction of sp³-hybridized carbons (Fsp3) is 0.241. The number of benzene rings is 4. The highest BCUT2D eigenvalue weighted by atomic mass is 15.1. The summed E-state index contributed by atoms with van der Waals surface area (Å²) in [5.74, 6) is 0. The Morgan fingerprint density at radius 2 is 1.60 bits per heavy atom. The summed E-state index contributed by atoms with van der Waals surface area (Å²) in [7, 11) is 2.12. The average molecular weight is 392 g/mol. The molecule has 0 saturated heterocycles. The van der Waals surface area contributed by atoms with Crippen LogP contribution in [0.5, 0.6) is 0 Å². The molecular formula is C29H29N. The molecule has 0 bridgehead atoms. The molecule has 0 aromatic heterocycles. The highest BCUT2D eigenvalue weighted by Gasteiger charge is 2.13. The van der Waals surface area contributed by atoms with Crippen molar-refractivity contribution in [1.82, 2.24) is 0 Å². The molecular weight excluding hydrogens is 362 g/mol. The Morgan fingerprint density at radius 3 is 2.53 bits per heavy atom. The zero-order valence-corrected chi connectivity index (χ0v) is 18.0. The molecule has 1 nitrogen and oxygen atoms in total. The monoisotopic (exact) mass is 391 g/mol. The SMILES string of the molecule is Cc1ccc2c(c1)C=CCN2C.c1ccc2c(c1)ccc1c3c(ccc12)CCCC3. The Labute approximate surface area is 179 Å². The van der Waals surface area contributed by atoms with Gasteiger partial charge in [-0.25, -0.2) is 0 Å². The first-order chi connectivity index (χ1) is 14.7. The van der Waals surface area contributed by atoms with E-state index in [0.29, 0.717) is 0 Å². The van der Waals surface area contributed by atoms with Gasteiger partial charge >= 0.3 is 0 Å². The van der Waals surface area contributed by atoms with Crippen LogP contribution in [0.15, 0.2) is 72.8 Å². The number of fused-ring (bicyclic) bond motifs is 6. The minimum Gasteiger partial charge on any atom is -0.370 e. The second-order valence-electron chi connectivity index (χ2n) is 8.64. The van der Waals surface area contributed by atoms with E-state index in [9.17, 15) is 0 Å². The van der Waals surface area contributed by atoms with Crippen molar-refractivity contribution in [3.63, 3.8) is 0 Å². The maximum Gasteiger partial charge on any atom is 0.0440 e. The molecule has 0 fully saturated rings. The lowest BCUT2D eigenvalue weighted by Crippen LogP contribution is -2.20. The number of hydrogen-bond donors (Lipinski definition) is 0. The molecule has 4 aromatic rings. The number of anilines is 1. The highest BCUT2D eigenvalue weighted by molar-refractivity contribution is 6.08. The van der Waals surface area contributed by atoms with Crippen LogP contribution in [0.3, 0.4) is 0 Å². The summed E-state index contributed by atoms with van der Waals surface area (Å²) in [5, 5.41) is 5.64. The largest absolute Gasteiger partial charge is 0.370 e. The van der Waals surface area contributed by atoms with Crippen LogP contribution in [0, 0.1) is 6.92 Å². The topological polar surface area (TPSA) is 3.24 Å². The van der Waals surface area contributed by atoms with Gasteiger partial charge in [-0.3, -0.25) is 0 Å². The molecule has 4 aromatic carbocycles. The molecule has 0 spiro atoms. The average Bonchev–Trinajstić information content (AvgIpc) is 2.79. The molecule has 0 N–H and O–H groups in total. The van der Waals surface area contributed by atoms with Gasteiger partial charge in [0, 0.05) is 19.3 Å². The molecule has 150 valence electrons. The Balaban J connectivity index is 0.000000140. The zero-order chi connectivity index (χ0) is 20.5. The van der Waals surface area contributed by atoms with Crippen molar-refractivity contribution >= 4 is 33.3 Å². The number of hydrogen-bond acceptors (Lipinski definition) is 1. The summed E-state index contributed by atoms with van der Waals surface area (Å²) in [6, 6.07) is 24.5. The van der Waals surface area contributed by atoms with Crippen LogP contribution >= 0.6 is 0 Å². The number of nitrogens with zero attached hydrogens (tertiary/aromatic N) is 1. The fourth-order valence-electron chi connectivity index (χ4n) is 4.93. The van der Waals surface area contributed by atoms with Crippen molar-refractivity contribution < 1.29 is 0 Å². The van der Waals surface area contributed by atoms with E-state index >= 15 is 0 Å². The van der Waals surface area contributed by atoms with Crippen molar-refractivity contribution in [2.75, 3.05) is 18.5 Å². The van der Waals surface area contributed by atoms with Gasteiger partial charge in [-0.15, -0.1) is 0 Å². The maximum atomic E-state index is 2.35. The van der Waals surface area contributed by atoms with E-state index in [1.807, 2.05) is 0 Å². The molecule has 6 rings (SSSR count). The standard InChI is InChI=1S/C18H16.C11H13N/c1-3-7-15-13(5-1)9-11-18-16-8-4-2-6-14(16)10-12-17(15)18;1-9-5-6-11-10(8-9)4-3-7-12(11)2/h1,3,5,7,9-12H,2,4,6,8H2;3-6,8H,7H2,1-2H3. The second kappa shape index (κ2) is 7.99. The molecule has 0 unspecified atom stereocenters. The van der Waals surface area contributed by atoms with Crippen LogP contribution in [0.2, 0.25) is 0 Å². The van der Waals surface area contributed by atoms with E-state index in [1.54, 1.807) is 11.1 Å². The van der Waals surface area contributed by atoms with Crippen LogP contribution in [0.4, 0.5) is 5.69 Å². The van der Waals surface area contributed by atoms with Crippen LogP contribution < -0.4 is 4.90 Å². The first-order valence-electron chi connectivity index (χ1n) is 11.1. The highest BCUT2D eigenvalue weighted by Crippen LogP contribution is 2.33. The van der Waals surface area contributed by atoms with Gasteiger partial charge in [0.2, 0.25) is 0 Å². The zero-order valence-electron chi connectivity index (χ0n) is 18.0. The maximum absolute atomic E-state index is 2.35. The lowest BCUT2D eigenvalue weighted by Gasteiger charge is -2.23.